The Balaban J connectivity index is 1.88. The highest BCUT2D eigenvalue weighted by Crippen LogP contribution is 2.22. The summed E-state index contributed by atoms with van der Waals surface area (Å²) in [6, 6.07) is 7.34. The van der Waals surface area contributed by atoms with Gasteiger partial charge in [0.05, 0.1) is 11.5 Å². The number of sulfone groups is 1. The van der Waals surface area contributed by atoms with E-state index in [0.29, 0.717) is 24.4 Å². The van der Waals surface area contributed by atoms with Crippen LogP contribution in [-0.4, -0.2) is 37.8 Å². The highest BCUT2D eigenvalue weighted by molar-refractivity contribution is 7.91. The number of halogens is 1. The van der Waals surface area contributed by atoms with Gasteiger partial charge in [-0.15, -0.1) is 0 Å². The molecule has 1 aromatic rings. The fraction of sp³-hybridized carbons (Fsp3) is 0.500. The van der Waals surface area contributed by atoms with Gasteiger partial charge in [0.15, 0.2) is 9.84 Å². The average molecular weight is 316 g/mol. The molecule has 1 amide bonds. The lowest BCUT2D eigenvalue weighted by Gasteiger charge is -2.19. The summed E-state index contributed by atoms with van der Waals surface area (Å²) < 4.78 is 22.8. The molecule has 0 aliphatic carbocycles. The Labute approximate surface area is 124 Å². The third-order valence-electron chi connectivity index (χ3n) is 3.55. The molecule has 20 heavy (non-hydrogen) atoms. The second-order valence-electron chi connectivity index (χ2n) is 5.35. The van der Waals surface area contributed by atoms with Gasteiger partial charge in [-0.05, 0) is 30.0 Å². The number of nitrogens with zero attached hydrogens (tertiary/aromatic N) is 1. The molecule has 0 radical (unpaired) electrons. The third-order valence-corrected chi connectivity index (χ3v) is 5.64. The van der Waals surface area contributed by atoms with Gasteiger partial charge < -0.3 is 4.90 Å². The van der Waals surface area contributed by atoms with Crippen molar-refractivity contribution >= 4 is 27.3 Å². The largest absolute Gasteiger partial charge is 0.341 e. The summed E-state index contributed by atoms with van der Waals surface area (Å²) >= 11 is 5.81. The zero-order chi connectivity index (χ0) is 14.8. The number of carbonyl (C=O) groups is 1. The molecule has 2 rings (SSSR count). The third kappa shape index (κ3) is 4.21. The van der Waals surface area contributed by atoms with Crippen molar-refractivity contribution in [3.8, 4) is 0 Å². The Morgan fingerprint density at radius 2 is 2.00 bits per heavy atom. The predicted molar refractivity (Wildman–Crippen MR) is 79.3 cm³/mol. The van der Waals surface area contributed by atoms with E-state index in [0.717, 1.165) is 5.56 Å². The van der Waals surface area contributed by atoms with Crippen LogP contribution in [0.5, 0.6) is 0 Å². The molecule has 1 saturated heterocycles. The van der Waals surface area contributed by atoms with Gasteiger partial charge in [0.1, 0.15) is 0 Å². The van der Waals surface area contributed by atoms with E-state index < -0.39 is 9.84 Å². The van der Waals surface area contributed by atoms with Crippen LogP contribution in [0.15, 0.2) is 24.3 Å². The second kappa shape index (κ2) is 6.14. The van der Waals surface area contributed by atoms with Crippen molar-refractivity contribution in [2.45, 2.75) is 19.4 Å². The van der Waals surface area contributed by atoms with E-state index in [9.17, 15) is 13.2 Å². The fourth-order valence-electron chi connectivity index (χ4n) is 2.39. The molecule has 1 unspecified atom stereocenters. The molecule has 1 fully saturated rings. The smallest absolute Gasteiger partial charge is 0.222 e. The van der Waals surface area contributed by atoms with Gasteiger partial charge in [-0.25, -0.2) is 8.42 Å². The van der Waals surface area contributed by atoms with Crippen LogP contribution in [-0.2, 0) is 21.2 Å². The number of rotatable bonds is 4. The van der Waals surface area contributed by atoms with E-state index in [4.69, 9.17) is 11.6 Å². The van der Waals surface area contributed by atoms with Crippen molar-refractivity contribution in [2.24, 2.45) is 5.92 Å². The average Bonchev–Trinajstić information content (AvgIpc) is 2.71. The first-order valence-corrected chi connectivity index (χ1v) is 8.74. The van der Waals surface area contributed by atoms with Gasteiger partial charge >= 0.3 is 0 Å². The Hall–Kier alpha value is -1.07. The van der Waals surface area contributed by atoms with Crippen molar-refractivity contribution < 1.29 is 13.2 Å². The quantitative estimate of drug-likeness (QED) is 0.855. The SMILES string of the molecule is CN(Cc1ccc(Cl)cc1)C(=O)CC1CCS(=O)(=O)C1. The first-order chi connectivity index (χ1) is 9.35. The molecule has 1 aliphatic heterocycles. The number of benzene rings is 1. The maximum Gasteiger partial charge on any atom is 0.222 e. The van der Waals surface area contributed by atoms with Crippen LogP contribution in [0.25, 0.3) is 0 Å². The lowest BCUT2D eigenvalue weighted by molar-refractivity contribution is -0.131. The van der Waals surface area contributed by atoms with Gasteiger partial charge in [-0.3, -0.25) is 4.79 Å². The molecule has 0 bridgehead atoms. The monoisotopic (exact) mass is 315 g/mol. The first-order valence-electron chi connectivity index (χ1n) is 6.54. The Kier molecular flexibility index (Phi) is 4.70. The van der Waals surface area contributed by atoms with Crippen molar-refractivity contribution in [1.82, 2.24) is 4.90 Å². The van der Waals surface area contributed by atoms with Gasteiger partial charge in [0.2, 0.25) is 5.91 Å². The Morgan fingerprint density at radius 3 is 2.55 bits per heavy atom. The maximum absolute atomic E-state index is 12.1. The van der Waals surface area contributed by atoms with E-state index in [1.165, 1.54) is 0 Å². The molecule has 0 aromatic heterocycles. The lowest BCUT2D eigenvalue weighted by Crippen LogP contribution is -2.28. The van der Waals surface area contributed by atoms with Gasteiger partial charge in [-0.2, -0.15) is 0 Å². The number of hydrogen-bond donors (Lipinski definition) is 0. The van der Waals surface area contributed by atoms with Crippen LogP contribution in [0, 0.1) is 5.92 Å². The highest BCUT2D eigenvalue weighted by atomic mass is 35.5. The van der Waals surface area contributed by atoms with E-state index >= 15 is 0 Å². The summed E-state index contributed by atoms with van der Waals surface area (Å²) in [6.07, 6.45) is 0.909. The summed E-state index contributed by atoms with van der Waals surface area (Å²) in [5.41, 5.74) is 1.00. The summed E-state index contributed by atoms with van der Waals surface area (Å²) in [7, 11) is -1.18. The van der Waals surface area contributed by atoms with Gasteiger partial charge in [0, 0.05) is 25.0 Å². The van der Waals surface area contributed by atoms with E-state index in [-0.39, 0.29) is 23.3 Å². The molecule has 4 nitrogen and oxygen atoms in total. The Morgan fingerprint density at radius 1 is 1.35 bits per heavy atom. The van der Waals surface area contributed by atoms with Crippen molar-refractivity contribution in [1.29, 1.82) is 0 Å². The van der Waals surface area contributed by atoms with Crippen LogP contribution >= 0.6 is 11.6 Å². The van der Waals surface area contributed by atoms with Crippen LogP contribution in [0.1, 0.15) is 18.4 Å². The van der Waals surface area contributed by atoms with Crippen LogP contribution < -0.4 is 0 Å². The normalized spacial score (nSPS) is 20.8. The number of carbonyl (C=O) groups excluding carboxylic acids is 1. The van der Waals surface area contributed by atoms with E-state index in [1.807, 2.05) is 12.1 Å². The fourth-order valence-corrected chi connectivity index (χ4v) is 4.38. The summed E-state index contributed by atoms with van der Waals surface area (Å²) in [5, 5.41) is 0.666. The number of hydrogen-bond acceptors (Lipinski definition) is 3. The van der Waals surface area contributed by atoms with Crippen molar-refractivity contribution in [3.63, 3.8) is 0 Å². The summed E-state index contributed by atoms with van der Waals surface area (Å²) in [6.45, 7) is 0.509. The molecular formula is C14H18ClNO3S. The summed E-state index contributed by atoms with van der Waals surface area (Å²) in [5.74, 6) is 0.321. The molecule has 0 spiro atoms. The number of amides is 1. The van der Waals surface area contributed by atoms with Crippen molar-refractivity contribution in [2.75, 3.05) is 18.6 Å². The molecular weight excluding hydrogens is 298 g/mol. The molecule has 0 saturated carbocycles. The van der Waals surface area contributed by atoms with Crippen LogP contribution in [0.3, 0.4) is 0 Å². The predicted octanol–water partition coefficient (Wildman–Crippen LogP) is 2.12. The minimum atomic E-state index is -2.92. The molecule has 1 heterocycles. The van der Waals surface area contributed by atoms with Gasteiger partial charge in [0.25, 0.3) is 0 Å². The zero-order valence-electron chi connectivity index (χ0n) is 11.4. The van der Waals surface area contributed by atoms with E-state index in [2.05, 4.69) is 0 Å². The standard InChI is InChI=1S/C14H18ClNO3S/c1-16(9-11-2-4-13(15)5-3-11)14(17)8-12-6-7-20(18,19)10-12/h2-5,12H,6-10H2,1H3. The molecule has 1 aromatic carbocycles. The zero-order valence-corrected chi connectivity index (χ0v) is 13.0. The summed E-state index contributed by atoms with van der Waals surface area (Å²) in [4.78, 5) is 13.7. The molecule has 110 valence electrons. The maximum atomic E-state index is 12.1. The highest BCUT2D eigenvalue weighted by Gasteiger charge is 2.30. The first kappa shape index (κ1) is 15.3. The molecule has 0 N–H and O–H groups in total. The lowest BCUT2D eigenvalue weighted by atomic mass is 10.0. The second-order valence-corrected chi connectivity index (χ2v) is 8.01. The minimum Gasteiger partial charge on any atom is -0.341 e. The molecule has 1 aliphatic rings. The molecule has 6 heteroatoms. The minimum absolute atomic E-state index is 0.0120. The van der Waals surface area contributed by atoms with Crippen LogP contribution in [0.2, 0.25) is 5.02 Å². The van der Waals surface area contributed by atoms with Crippen LogP contribution in [0.4, 0.5) is 0 Å². The Bertz CT molecular complexity index is 583. The topological polar surface area (TPSA) is 54.5 Å². The van der Waals surface area contributed by atoms with Crippen molar-refractivity contribution in [3.05, 3.63) is 34.9 Å². The molecule has 1 atom stereocenters. The van der Waals surface area contributed by atoms with Gasteiger partial charge in [-0.1, -0.05) is 23.7 Å². The van der Waals surface area contributed by atoms with E-state index in [1.54, 1.807) is 24.1 Å².